The molecule has 5 rings (SSSR count). The molecule has 1 amide bonds. The van der Waals surface area contributed by atoms with E-state index < -0.39 is 0 Å². The highest BCUT2D eigenvalue weighted by Crippen LogP contribution is 2.24. The number of aryl methyl sites for hydroxylation is 1. The fraction of sp³-hybridized carbons (Fsp3) is 0.333. The van der Waals surface area contributed by atoms with Crippen molar-refractivity contribution in [2.75, 3.05) is 36.9 Å². The van der Waals surface area contributed by atoms with Crippen molar-refractivity contribution in [1.29, 1.82) is 0 Å². The number of rotatable bonds is 8. The molecule has 1 atom stereocenters. The fourth-order valence-electron chi connectivity index (χ4n) is 4.29. The summed E-state index contributed by atoms with van der Waals surface area (Å²) < 4.78 is 7.22. The molecule has 0 bridgehead atoms. The van der Waals surface area contributed by atoms with E-state index in [1.165, 1.54) is 0 Å². The molecule has 0 radical (unpaired) electrons. The highest BCUT2D eigenvalue weighted by Gasteiger charge is 2.15. The van der Waals surface area contributed by atoms with E-state index in [9.17, 15) is 4.79 Å². The predicted octanol–water partition coefficient (Wildman–Crippen LogP) is 4.76. The van der Waals surface area contributed by atoms with Gasteiger partial charge in [0.1, 0.15) is 11.3 Å². The molecular weight excluding hydrogens is 490 g/mol. The molecular formula is C27H30ClN7O2. The van der Waals surface area contributed by atoms with Gasteiger partial charge in [-0.25, -0.2) is 9.97 Å². The van der Waals surface area contributed by atoms with Crippen molar-refractivity contribution in [3.63, 3.8) is 0 Å². The van der Waals surface area contributed by atoms with Gasteiger partial charge in [-0.05, 0) is 49.2 Å². The van der Waals surface area contributed by atoms with Crippen LogP contribution in [0.25, 0.3) is 11.2 Å². The molecule has 0 spiro atoms. The smallest absolute Gasteiger partial charge is 0.255 e. The average Bonchev–Trinajstić information content (AvgIpc) is 3.33. The Balaban J connectivity index is 1.23. The Hall–Kier alpha value is -3.53. The normalized spacial score (nSPS) is 15.0. The van der Waals surface area contributed by atoms with Crippen molar-refractivity contribution < 1.29 is 9.53 Å². The second-order valence-corrected chi connectivity index (χ2v) is 9.50. The van der Waals surface area contributed by atoms with Gasteiger partial charge in [0, 0.05) is 42.5 Å². The number of anilines is 2. The molecule has 0 unspecified atom stereocenters. The lowest BCUT2D eigenvalue weighted by Gasteiger charge is -2.27. The van der Waals surface area contributed by atoms with Crippen LogP contribution in [0.4, 0.5) is 11.5 Å². The SMILES string of the molecule is CCn1cc2ncc(N[C@@H](C)c3cccc(NC(=O)c4ccc(CN5CCOCC5)c(Cl)c4)c3)nc2n1. The summed E-state index contributed by atoms with van der Waals surface area (Å²) >= 11 is 6.52. The standard InChI is InChI=1S/C27H30ClN7O2/c1-3-35-17-24-26(33-35)32-25(15-29-24)30-18(2)19-5-4-6-22(13-19)31-27(36)20-7-8-21(23(28)14-20)16-34-9-11-37-12-10-34/h4-8,13-15,17-18H,3,9-12,16H2,1-2H3,(H,31,36)(H,30,32,33)/t18-/m0/s1. The lowest BCUT2D eigenvalue weighted by atomic mass is 10.1. The Kier molecular flexibility index (Phi) is 7.64. The summed E-state index contributed by atoms with van der Waals surface area (Å²) in [6.07, 6.45) is 3.59. The van der Waals surface area contributed by atoms with Gasteiger partial charge in [0.15, 0.2) is 0 Å². The minimum atomic E-state index is -0.208. The summed E-state index contributed by atoms with van der Waals surface area (Å²) in [4.78, 5) is 24.3. The van der Waals surface area contributed by atoms with E-state index in [1.54, 1.807) is 12.3 Å². The van der Waals surface area contributed by atoms with E-state index in [0.717, 1.165) is 56.0 Å². The zero-order chi connectivity index (χ0) is 25.8. The molecule has 9 nitrogen and oxygen atoms in total. The van der Waals surface area contributed by atoms with Gasteiger partial charge >= 0.3 is 0 Å². The van der Waals surface area contributed by atoms with Gasteiger partial charge in [-0.3, -0.25) is 14.4 Å². The summed E-state index contributed by atoms with van der Waals surface area (Å²) in [5.41, 5.74) is 4.59. The Morgan fingerprint density at radius 1 is 1.19 bits per heavy atom. The zero-order valence-electron chi connectivity index (χ0n) is 20.9. The first-order valence-corrected chi connectivity index (χ1v) is 12.8. The lowest BCUT2D eigenvalue weighted by Crippen LogP contribution is -2.35. The van der Waals surface area contributed by atoms with Gasteiger partial charge < -0.3 is 15.4 Å². The third-order valence-electron chi connectivity index (χ3n) is 6.42. The number of fused-ring (bicyclic) bond motifs is 1. The van der Waals surface area contributed by atoms with Crippen LogP contribution in [-0.2, 0) is 17.8 Å². The van der Waals surface area contributed by atoms with E-state index in [4.69, 9.17) is 16.3 Å². The van der Waals surface area contributed by atoms with E-state index in [1.807, 2.05) is 61.1 Å². The maximum Gasteiger partial charge on any atom is 0.255 e. The third kappa shape index (κ3) is 6.07. The molecule has 2 N–H and O–H groups in total. The number of halogens is 1. The van der Waals surface area contributed by atoms with E-state index >= 15 is 0 Å². The molecule has 37 heavy (non-hydrogen) atoms. The van der Waals surface area contributed by atoms with Crippen LogP contribution in [0.15, 0.2) is 54.9 Å². The molecule has 1 aliphatic rings. The maximum absolute atomic E-state index is 13.0. The molecule has 2 aromatic carbocycles. The predicted molar refractivity (Wildman–Crippen MR) is 145 cm³/mol. The number of amides is 1. The lowest BCUT2D eigenvalue weighted by molar-refractivity contribution is 0.0342. The molecule has 3 heterocycles. The van der Waals surface area contributed by atoms with Crippen molar-refractivity contribution in [1.82, 2.24) is 24.6 Å². The first-order chi connectivity index (χ1) is 18.0. The number of ether oxygens (including phenoxy) is 1. The minimum absolute atomic E-state index is 0.0641. The van der Waals surface area contributed by atoms with Crippen molar-refractivity contribution in [2.45, 2.75) is 33.0 Å². The van der Waals surface area contributed by atoms with Gasteiger partial charge in [-0.1, -0.05) is 29.8 Å². The number of nitrogens with one attached hydrogen (secondary N) is 2. The first-order valence-electron chi connectivity index (χ1n) is 12.4. The Morgan fingerprint density at radius 2 is 2.03 bits per heavy atom. The highest BCUT2D eigenvalue weighted by atomic mass is 35.5. The van der Waals surface area contributed by atoms with Gasteiger partial charge in [0.2, 0.25) is 5.65 Å². The largest absolute Gasteiger partial charge is 0.379 e. The fourth-order valence-corrected chi connectivity index (χ4v) is 4.53. The zero-order valence-corrected chi connectivity index (χ0v) is 21.7. The Bertz CT molecular complexity index is 1400. The number of carbonyl (C=O) groups is 1. The number of nitrogens with zero attached hydrogens (tertiary/aromatic N) is 5. The van der Waals surface area contributed by atoms with Gasteiger partial charge in [-0.2, -0.15) is 5.10 Å². The summed E-state index contributed by atoms with van der Waals surface area (Å²) in [5.74, 6) is 0.433. The number of aromatic nitrogens is 4. The molecule has 2 aromatic heterocycles. The van der Waals surface area contributed by atoms with Crippen molar-refractivity contribution >= 4 is 40.2 Å². The van der Waals surface area contributed by atoms with Gasteiger partial charge in [0.05, 0.1) is 31.6 Å². The number of carbonyl (C=O) groups excluding carboxylic acids is 1. The Labute approximate surface area is 220 Å². The van der Waals surface area contributed by atoms with Crippen LogP contribution in [0.3, 0.4) is 0 Å². The molecule has 10 heteroatoms. The second-order valence-electron chi connectivity index (χ2n) is 9.09. The molecule has 0 aliphatic carbocycles. The highest BCUT2D eigenvalue weighted by molar-refractivity contribution is 6.31. The summed E-state index contributed by atoms with van der Waals surface area (Å²) in [7, 11) is 0. The van der Waals surface area contributed by atoms with E-state index in [-0.39, 0.29) is 11.9 Å². The Morgan fingerprint density at radius 3 is 2.81 bits per heavy atom. The van der Waals surface area contributed by atoms with Crippen LogP contribution in [0.5, 0.6) is 0 Å². The van der Waals surface area contributed by atoms with Gasteiger partial charge in [-0.15, -0.1) is 0 Å². The van der Waals surface area contributed by atoms with Crippen molar-refractivity contribution in [3.8, 4) is 0 Å². The average molecular weight is 520 g/mol. The first kappa shape index (κ1) is 25.1. The molecule has 1 fully saturated rings. The maximum atomic E-state index is 13.0. The molecule has 1 aliphatic heterocycles. The van der Waals surface area contributed by atoms with Gasteiger partial charge in [0.25, 0.3) is 5.91 Å². The van der Waals surface area contributed by atoms with Crippen LogP contribution in [-0.4, -0.2) is 56.9 Å². The van der Waals surface area contributed by atoms with Crippen molar-refractivity contribution in [3.05, 3.63) is 76.6 Å². The number of hydrogen-bond acceptors (Lipinski definition) is 7. The minimum Gasteiger partial charge on any atom is -0.379 e. The van der Waals surface area contributed by atoms with Crippen molar-refractivity contribution in [2.24, 2.45) is 0 Å². The molecule has 1 saturated heterocycles. The van der Waals surface area contributed by atoms with Crippen LogP contribution in [0.1, 0.15) is 41.4 Å². The number of benzene rings is 2. The van der Waals surface area contributed by atoms with E-state index in [2.05, 4.69) is 30.6 Å². The molecule has 4 aromatic rings. The van der Waals surface area contributed by atoms with Crippen LogP contribution < -0.4 is 10.6 Å². The summed E-state index contributed by atoms with van der Waals surface area (Å²) in [6, 6.07) is 13.1. The topological polar surface area (TPSA) is 97.2 Å². The summed E-state index contributed by atoms with van der Waals surface area (Å²) in [5, 5.41) is 11.4. The third-order valence-corrected chi connectivity index (χ3v) is 6.77. The van der Waals surface area contributed by atoms with Crippen LogP contribution >= 0.6 is 11.6 Å². The van der Waals surface area contributed by atoms with Crippen LogP contribution in [0, 0.1) is 0 Å². The van der Waals surface area contributed by atoms with E-state index in [0.29, 0.717) is 27.7 Å². The molecule has 192 valence electrons. The number of hydrogen-bond donors (Lipinski definition) is 2. The number of morpholine rings is 1. The molecule has 0 saturated carbocycles. The summed E-state index contributed by atoms with van der Waals surface area (Å²) in [6.45, 7) is 8.80. The quantitative estimate of drug-likeness (QED) is 0.346. The van der Waals surface area contributed by atoms with Crippen LogP contribution in [0.2, 0.25) is 5.02 Å². The second kappa shape index (κ2) is 11.2. The monoisotopic (exact) mass is 519 g/mol.